The van der Waals surface area contributed by atoms with Crippen LogP contribution in [-0.4, -0.2) is 232 Å². The largest absolute Gasteiger partial charge is 0.493 e. The molecule has 107 heavy (non-hydrogen) atoms. The van der Waals surface area contributed by atoms with Gasteiger partial charge in [0.2, 0.25) is 24.5 Å². The molecule has 574 valence electrons. The van der Waals surface area contributed by atoms with Crippen LogP contribution >= 0.6 is 0 Å². The number of unbranched alkanes of at least 4 members (excludes halogenated alkanes) is 2. The van der Waals surface area contributed by atoms with Gasteiger partial charge in [0.15, 0.2) is 40.3 Å². The number of methoxy groups -OCH3 is 2. The number of anilines is 1. The van der Waals surface area contributed by atoms with Crippen molar-refractivity contribution in [2.75, 3.05) is 145 Å². The summed E-state index contributed by atoms with van der Waals surface area (Å²) in [6.07, 6.45) is 13.6. The van der Waals surface area contributed by atoms with E-state index in [1.165, 1.54) is 26.4 Å². The van der Waals surface area contributed by atoms with Gasteiger partial charge in [0, 0.05) is 119 Å². The van der Waals surface area contributed by atoms with Crippen molar-refractivity contribution in [1.82, 2.24) is 25.3 Å². The highest BCUT2D eigenvalue weighted by atomic mass is 16.7. The average molecular weight is 1480 g/mol. The lowest BCUT2D eigenvalue weighted by Crippen LogP contribution is -2.45. The zero-order valence-electron chi connectivity index (χ0n) is 61.3. The molecule has 29 heteroatoms. The van der Waals surface area contributed by atoms with Crippen molar-refractivity contribution in [3.8, 4) is 34.5 Å². The first-order valence-electron chi connectivity index (χ1n) is 36.4. The van der Waals surface area contributed by atoms with Crippen molar-refractivity contribution in [3.63, 3.8) is 0 Å². The molecule has 4 aromatic rings. The van der Waals surface area contributed by atoms with E-state index in [2.05, 4.69) is 16.0 Å². The number of rotatable bonds is 47. The lowest BCUT2D eigenvalue weighted by Gasteiger charge is -2.23. The molecule has 29 nitrogen and oxygen atoms in total. The smallest absolute Gasteiger partial charge is 0.260 e. The second-order valence-electron chi connectivity index (χ2n) is 26.3. The predicted octanol–water partition coefficient (Wildman–Crippen LogP) is 8.01. The van der Waals surface area contributed by atoms with Gasteiger partial charge in [-0.05, 0) is 77.4 Å². The third-order valence-corrected chi connectivity index (χ3v) is 18.2. The van der Waals surface area contributed by atoms with Crippen LogP contribution in [0.3, 0.4) is 0 Å². The third kappa shape index (κ3) is 22.8. The van der Waals surface area contributed by atoms with Gasteiger partial charge in [-0.25, -0.2) is 0 Å². The highest BCUT2D eigenvalue weighted by molar-refractivity contribution is 6.13. The molecule has 10 rings (SSSR count). The molecule has 0 bridgehead atoms. The molecule has 0 radical (unpaired) electrons. The van der Waals surface area contributed by atoms with E-state index in [0.717, 1.165) is 40.0 Å². The number of hydrogen-bond donors (Lipinski definition) is 3. The molecule has 6 aliphatic heterocycles. The van der Waals surface area contributed by atoms with Crippen LogP contribution in [0, 0.1) is 11.8 Å². The quantitative estimate of drug-likeness (QED) is 0.0278. The summed E-state index contributed by atoms with van der Waals surface area (Å²) in [5.74, 6) is -0.212. The van der Waals surface area contributed by atoms with Crippen LogP contribution in [0.4, 0.5) is 17.1 Å². The molecule has 0 saturated carbocycles. The zero-order valence-corrected chi connectivity index (χ0v) is 61.3. The number of amides is 7. The summed E-state index contributed by atoms with van der Waals surface area (Å²) >= 11 is 0. The number of ether oxygens (including phenoxy) is 13. The summed E-state index contributed by atoms with van der Waals surface area (Å²) in [4.78, 5) is 117. The number of fused-ring (bicyclic) bond motifs is 5. The van der Waals surface area contributed by atoms with E-state index in [0.29, 0.717) is 187 Å². The van der Waals surface area contributed by atoms with Crippen molar-refractivity contribution in [3.05, 3.63) is 114 Å². The zero-order chi connectivity index (χ0) is 75.4. The molecule has 0 unspecified atom stereocenters. The average Bonchev–Trinajstić information content (AvgIpc) is 1.66. The van der Waals surface area contributed by atoms with Crippen molar-refractivity contribution in [2.24, 2.45) is 21.8 Å². The van der Waals surface area contributed by atoms with Crippen LogP contribution in [0.15, 0.2) is 101 Å². The summed E-state index contributed by atoms with van der Waals surface area (Å²) < 4.78 is 73.6. The Kier molecular flexibility index (Phi) is 30.3. The van der Waals surface area contributed by atoms with Gasteiger partial charge >= 0.3 is 0 Å². The molecule has 3 N–H and O–H groups in total. The number of Topliss-reactive ketones (excluding diaryl/α,β-unsaturated/α-hetero) is 1. The molecule has 0 aliphatic carbocycles. The summed E-state index contributed by atoms with van der Waals surface area (Å²) in [7, 11) is 3.03. The van der Waals surface area contributed by atoms with Crippen molar-refractivity contribution >= 4 is 87.8 Å². The first-order chi connectivity index (χ1) is 52.0. The molecule has 6 heterocycles. The number of ketones is 1. The number of nitrogens with one attached hydrogen (secondary N) is 3. The number of carbonyl (C=O) groups is 8. The molecule has 6 aliphatic rings. The van der Waals surface area contributed by atoms with Gasteiger partial charge in [-0.2, -0.15) is 0 Å². The highest BCUT2D eigenvalue weighted by Gasteiger charge is 2.37. The van der Waals surface area contributed by atoms with Crippen LogP contribution < -0.4 is 44.4 Å². The predicted molar refractivity (Wildman–Crippen MR) is 394 cm³/mol. The SMILES string of the molecule is COc1cc2c(cc1OCCCOc1cc3c(cc1OC)C(=O)N1C=C(c4ccc5c(c4)OCO5)C[C@H]1C=N3)N=C[C@@H]1CC(c3ccc(NC(=O)[C@H](C)CC(=O)[C@@H](NC(=O)CCCCCOCCOCCOCCOCCOCCOCCOCCNC(=O)CCN4C(=O)C=CC4=O)C(C)C)cc3)=CN1C2=O. The highest BCUT2D eigenvalue weighted by Crippen LogP contribution is 2.43. The first kappa shape index (κ1) is 79.7. The van der Waals surface area contributed by atoms with Gasteiger partial charge in [0.05, 0.1) is 154 Å². The van der Waals surface area contributed by atoms with E-state index in [1.54, 1.807) is 65.6 Å². The molecule has 7 amide bonds. The van der Waals surface area contributed by atoms with E-state index in [1.807, 2.05) is 56.6 Å². The fourth-order valence-corrected chi connectivity index (χ4v) is 12.4. The molecule has 4 atom stereocenters. The van der Waals surface area contributed by atoms with Gasteiger partial charge in [-0.3, -0.25) is 53.2 Å². The van der Waals surface area contributed by atoms with Gasteiger partial charge in [0.1, 0.15) is 0 Å². The lowest BCUT2D eigenvalue weighted by atomic mass is 9.92. The number of carbonyl (C=O) groups excluding carboxylic acids is 8. The Bertz CT molecular complexity index is 3910. The van der Waals surface area contributed by atoms with Crippen LogP contribution in [-0.2, 0) is 61.9 Å². The number of hydrogen-bond acceptors (Lipinski definition) is 23. The first-order valence-corrected chi connectivity index (χ1v) is 36.4. The Morgan fingerprint density at radius 1 is 0.533 bits per heavy atom. The topological polar surface area (TPSA) is 327 Å². The molecular formula is C78H96N8O21. The Balaban J connectivity index is 0.539. The van der Waals surface area contributed by atoms with Gasteiger partial charge in [-0.1, -0.05) is 45.4 Å². The standard InChI is InChI=1S/C78H96N8O21/c1-51(2)75(83-72(89)10-7-6-8-22-97-26-28-99-30-32-101-34-36-103-37-35-102-33-31-100-29-27-98-25-20-79-71(88)19-21-84-73(90)17-18-74(84)91)64(87)38-52(3)76(92)82-57-14-11-53(12-15-57)55-39-58-46-80-62-44-69(66(95-4)42-60(62)77(93)85(58)48-55)104-23-9-24-105-70-45-63-61(43-67(70)96-5)78(94)86-49-56(40-59(86)47-81-63)54-13-16-65-68(41-54)107-50-106-65/h11-18,41-49,51-52,58-59,75H,6-10,19-40,50H2,1-5H3,(H,79,88)(H,82,92)(H,83,89)/t52-,58+,59+,75+/m1/s1. The molecule has 0 fully saturated rings. The molecule has 4 aromatic carbocycles. The summed E-state index contributed by atoms with van der Waals surface area (Å²) in [6.45, 7) is 12.2. The van der Waals surface area contributed by atoms with Crippen molar-refractivity contribution in [2.45, 2.75) is 96.7 Å². The fourth-order valence-electron chi connectivity index (χ4n) is 12.4. The van der Waals surface area contributed by atoms with Crippen LogP contribution in [0.5, 0.6) is 34.5 Å². The van der Waals surface area contributed by atoms with Gasteiger partial charge in [0.25, 0.3) is 23.6 Å². The van der Waals surface area contributed by atoms with E-state index < -0.39 is 23.8 Å². The normalized spacial score (nSPS) is 16.6. The van der Waals surface area contributed by atoms with Crippen LogP contribution in [0.1, 0.15) is 110 Å². The minimum atomic E-state index is -0.738. The molecule has 0 aromatic heterocycles. The Morgan fingerprint density at radius 2 is 1.04 bits per heavy atom. The van der Waals surface area contributed by atoms with Crippen LogP contribution in [0.2, 0.25) is 0 Å². The number of imide groups is 1. The van der Waals surface area contributed by atoms with Gasteiger partial charge < -0.3 is 87.3 Å². The Labute approximate surface area is 622 Å². The molecule has 0 spiro atoms. The summed E-state index contributed by atoms with van der Waals surface area (Å²) in [6, 6.07) is 18.4. The summed E-state index contributed by atoms with van der Waals surface area (Å²) in [5, 5.41) is 8.52. The van der Waals surface area contributed by atoms with Crippen molar-refractivity contribution in [1.29, 1.82) is 0 Å². The second-order valence-corrected chi connectivity index (χ2v) is 26.3. The number of benzene rings is 4. The van der Waals surface area contributed by atoms with E-state index in [-0.39, 0.29) is 99.1 Å². The minimum Gasteiger partial charge on any atom is -0.493 e. The lowest BCUT2D eigenvalue weighted by molar-refractivity contribution is -0.137. The van der Waals surface area contributed by atoms with E-state index >= 15 is 0 Å². The second kappa shape index (κ2) is 40.7. The fraction of sp³-hybridized carbons (Fsp3) is 0.487. The Hall–Kier alpha value is -9.88. The number of aliphatic imine (C=N–C) groups is 2. The van der Waals surface area contributed by atoms with Gasteiger partial charge in [-0.15, -0.1) is 0 Å². The van der Waals surface area contributed by atoms with E-state index in [4.69, 9.17) is 71.6 Å². The maximum absolute atomic E-state index is 14.2. The Morgan fingerprint density at radius 3 is 1.57 bits per heavy atom. The van der Waals surface area contributed by atoms with E-state index in [9.17, 15) is 38.4 Å². The molecule has 0 saturated heterocycles. The van der Waals surface area contributed by atoms with Crippen molar-refractivity contribution < 1.29 is 99.9 Å². The monoisotopic (exact) mass is 1480 g/mol. The third-order valence-electron chi connectivity index (χ3n) is 18.2. The summed E-state index contributed by atoms with van der Waals surface area (Å²) in [5.41, 5.74) is 5.89. The number of nitrogens with zero attached hydrogens (tertiary/aromatic N) is 5. The maximum Gasteiger partial charge on any atom is 0.260 e. The maximum atomic E-state index is 14.2. The minimum absolute atomic E-state index is 0.0309. The van der Waals surface area contributed by atoms with Crippen LogP contribution in [0.25, 0.3) is 11.1 Å². The molecular weight excluding hydrogens is 1380 g/mol.